The molecule has 0 unspecified atom stereocenters. The van der Waals surface area contributed by atoms with Crippen LogP contribution in [0, 0.1) is 17.0 Å². The summed E-state index contributed by atoms with van der Waals surface area (Å²) in [5.74, 6) is -0.669. The lowest BCUT2D eigenvalue weighted by molar-refractivity contribution is -0.384. The molecule has 2 rings (SSSR count). The van der Waals surface area contributed by atoms with Gasteiger partial charge in [-0.1, -0.05) is 17.7 Å². The maximum atomic E-state index is 12.5. The average molecular weight is 348 g/mol. The van der Waals surface area contributed by atoms with Gasteiger partial charge in [-0.15, -0.1) is 0 Å². The summed E-state index contributed by atoms with van der Waals surface area (Å²) >= 11 is 0. The van der Waals surface area contributed by atoms with Crippen molar-refractivity contribution in [3.8, 4) is 0 Å². The summed E-state index contributed by atoms with van der Waals surface area (Å²) in [5, 5.41) is 11.8. The van der Waals surface area contributed by atoms with E-state index < -0.39 is 25.9 Å². The first-order chi connectivity index (χ1) is 11.2. The average Bonchev–Trinajstić information content (AvgIpc) is 2.56. The van der Waals surface area contributed by atoms with Crippen LogP contribution >= 0.6 is 0 Å². The number of aryl methyl sites for hydroxylation is 1. The van der Waals surface area contributed by atoms with Crippen molar-refractivity contribution in [2.24, 2.45) is 0 Å². The molecule has 0 fully saturated rings. The first-order valence-corrected chi connectivity index (χ1v) is 8.62. The van der Waals surface area contributed by atoms with Gasteiger partial charge in [0.2, 0.25) is 5.91 Å². The molecule has 0 saturated heterocycles. The van der Waals surface area contributed by atoms with E-state index in [4.69, 9.17) is 0 Å². The zero-order valence-electron chi connectivity index (χ0n) is 13.1. The summed E-state index contributed by atoms with van der Waals surface area (Å²) in [7, 11) is -3.94. The maximum Gasteiger partial charge on any atom is 0.269 e. The normalized spacial score (nSPS) is 12.4. The van der Waals surface area contributed by atoms with Crippen LogP contribution in [0.1, 0.15) is 12.5 Å². The standard InChI is InChI=1S/C16H16N2O5S/c1-11-3-5-13(6-4-11)17-16(19)12(2)24(22,23)15-9-7-14(8-10-15)18(20)21/h3-10,12H,1-2H3,(H,17,19)/t12-/m0/s1. The molecular formula is C16H16N2O5S. The van der Waals surface area contributed by atoms with Crippen molar-refractivity contribution >= 4 is 27.1 Å². The highest BCUT2D eigenvalue weighted by Gasteiger charge is 2.30. The first-order valence-electron chi connectivity index (χ1n) is 7.07. The van der Waals surface area contributed by atoms with E-state index in [9.17, 15) is 23.3 Å². The number of amides is 1. The molecule has 7 nitrogen and oxygen atoms in total. The fourth-order valence-electron chi connectivity index (χ4n) is 1.98. The second-order valence-electron chi connectivity index (χ2n) is 5.29. The van der Waals surface area contributed by atoms with Crippen LogP contribution in [0.25, 0.3) is 0 Å². The van der Waals surface area contributed by atoms with Crippen molar-refractivity contribution in [3.05, 3.63) is 64.2 Å². The molecule has 0 aliphatic heterocycles. The minimum absolute atomic E-state index is 0.139. The maximum absolute atomic E-state index is 12.5. The van der Waals surface area contributed by atoms with Crippen LogP contribution in [0.4, 0.5) is 11.4 Å². The number of nitrogens with one attached hydrogen (secondary N) is 1. The lowest BCUT2D eigenvalue weighted by Gasteiger charge is -2.13. The number of non-ortho nitro benzene ring substituents is 1. The topological polar surface area (TPSA) is 106 Å². The Morgan fingerprint density at radius 3 is 2.12 bits per heavy atom. The Morgan fingerprint density at radius 2 is 1.62 bits per heavy atom. The van der Waals surface area contributed by atoms with E-state index in [1.807, 2.05) is 6.92 Å². The Bertz CT molecular complexity index is 858. The summed E-state index contributed by atoms with van der Waals surface area (Å²) in [6.45, 7) is 3.17. The molecule has 2 aromatic rings. The Balaban J connectivity index is 2.19. The number of rotatable bonds is 5. The highest BCUT2D eigenvalue weighted by molar-refractivity contribution is 7.92. The van der Waals surface area contributed by atoms with Crippen molar-refractivity contribution in [2.75, 3.05) is 5.32 Å². The molecule has 24 heavy (non-hydrogen) atoms. The molecule has 126 valence electrons. The SMILES string of the molecule is Cc1ccc(NC(=O)[C@H](C)S(=O)(=O)c2ccc([N+](=O)[O-])cc2)cc1. The predicted octanol–water partition coefficient (Wildman–Crippen LogP) is 2.70. The molecule has 0 saturated carbocycles. The summed E-state index contributed by atoms with van der Waals surface area (Å²) in [5.41, 5.74) is 1.29. The van der Waals surface area contributed by atoms with E-state index in [1.165, 1.54) is 6.92 Å². The van der Waals surface area contributed by atoms with Crippen molar-refractivity contribution in [3.63, 3.8) is 0 Å². The molecule has 1 atom stereocenters. The summed E-state index contributed by atoms with van der Waals surface area (Å²) in [6, 6.07) is 11.4. The van der Waals surface area contributed by atoms with Crippen molar-refractivity contribution < 1.29 is 18.1 Å². The smallest absolute Gasteiger partial charge is 0.269 e. The Kier molecular flexibility index (Phi) is 4.99. The van der Waals surface area contributed by atoms with E-state index in [0.717, 1.165) is 29.8 Å². The van der Waals surface area contributed by atoms with Crippen molar-refractivity contribution in [1.82, 2.24) is 0 Å². The zero-order chi connectivity index (χ0) is 17.9. The number of sulfone groups is 1. The largest absolute Gasteiger partial charge is 0.325 e. The fourth-order valence-corrected chi connectivity index (χ4v) is 3.25. The second kappa shape index (κ2) is 6.79. The molecular weight excluding hydrogens is 332 g/mol. The lowest BCUT2D eigenvalue weighted by Crippen LogP contribution is -2.32. The molecule has 0 radical (unpaired) electrons. The molecule has 0 heterocycles. The summed E-state index contributed by atoms with van der Waals surface area (Å²) in [4.78, 5) is 22.1. The summed E-state index contributed by atoms with van der Waals surface area (Å²) < 4.78 is 24.9. The Labute approximate surface area is 139 Å². The van der Waals surface area contributed by atoms with Crippen LogP contribution in [0.2, 0.25) is 0 Å². The van der Waals surface area contributed by atoms with Crippen LogP contribution in [0.5, 0.6) is 0 Å². The van der Waals surface area contributed by atoms with E-state index in [2.05, 4.69) is 5.32 Å². The number of nitro groups is 1. The molecule has 2 aromatic carbocycles. The van der Waals surface area contributed by atoms with Gasteiger partial charge in [-0.2, -0.15) is 0 Å². The number of nitro benzene ring substituents is 1. The fraction of sp³-hybridized carbons (Fsp3) is 0.188. The van der Waals surface area contributed by atoms with E-state index >= 15 is 0 Å². The third kappa shape index (κ3) is 3.77. The number of hydrogen-bond donors (Lipinski definition) is 1. The predicted molar refractivity (Wildman–Crippen MR) is 89.6 cm³/mol. The highest BCUT2D eigenvalue weighted by atomic mass is 32.2. The van der Waals surface area contributed by atoms with Gasteiger partial charge in [0.25, 0.3) is 5.69 Å². The molecule has 1 N–H and O–H groups in total. The molecule has 0 aromatic heterocycles. The lowest BCUT2D eigenvalue weighted by atomic mass is 10.2. The van der Waals surface area contributed by atoms with Crippen LogP contribution in [-0.4, -0.2) is 24.5 Å². The van der Waals surface area contributed by atoms with Crippen LogP contribution in [0.3, 0.4) is 0 Å². The molecule has 0 aliphatic carbocycles. The second-order valence-corrected chi connectivity index (χ2v) is 7.56. The number of anilines is 1. The monoisotopic (exact) mass is 348 g/mol. The first kappa shape index (κ1) is 17.6. The van der Waals surface area contributed by atoms with Crippen LogP contribution < -0.4 is 5.32 Å². The van der Waals surface area contributed by atoms with Crippen LogP contribution in [-0.2, 0) is 14.6 Å². The van der Waals surface area contributed by atoms with Gasteiger partial charge in [0.1, 0.15) is 5.25 Å². The van der Waals surface area contributed by atoms with Gasteiger partial charge in [0.05, 0.1) is 9.82 Å². The number of benzene rings is 2. The number of carbonyl (C=O) groups excluding carboxylic acids is 1. The van der Waals surface area contributed by atoms with Gasteiger partial charge < -0.3 is 5.32 Å². The number of nitrogens with zero attached hydrogens (tertiary/aromatic N) is 1. The number of carbonyl (C=O) groups is 1. The molecule has 1 amide bonds. The number of hydrogen-bond acceptors (Lipinski definition) is 5. The molecule has 0 aliphatic rings. The van der Waals surface area contributed by atoms with E-state index in [-0.39, 0.29) is 10.6 Å². The van der Waals surface area contributed by atoms with Gasteiger partial charge in [-0.3, -0.25) is 14.9 Å². The molecule has 0 spiro atoms. The molecule has 0 bridgehead atoms. The minimum atomic E-state index is -3.94. The molecule has 8 heteroatoms. The third-order valence-corrected chi connectivity index (χ3v) is 5.60. The Morgan fingerprint density at radius 1 is 1.08 bits per heavy atom. The van der Waals surface area contributed by atoms with Gasteiger partial charge in [-0.25, -0.2) is 8.42 Å². The minimum Gasteiger partial charge on any atom is -0.325 e. The van der Waals surface area contributed by atoms with E-state index in [1.54, 1.807) is 24.3 Å². The highest BCUT2D eigenvalue weighted by Crippen LogP contribution is 2.21. The van der Waals surface area contributed by atoms with Crippen molar-refractivity contribution in [1.29, 1.82) is 0 Å². The van der Waals surface area contributed by atoms with Gasteiger partial charge >= 0.3 is 0 Å². The van der Waals surface area contributed by atoms with Gasteiger partial charge in [-0.05, 0) is 38.1 Å². The van der Waals surface area contributed by atoms with E-state index in [0.29, 0.717) is 5.69 Å². The van der Waals surface area contributed by atoms with Gasteiger partial charge in [0.15, 0.2) is 9.84 Å². The van der Waals surface area contributed by atoms with Crippen molar-refractivity contribution in [2.45, 2.75) is 24.0 Å². The third-order valence-electron chi connectivity index (χ3n) is 3.53. The van der Waals surface area contributed by atoms with Gasteiger partial charge in [0, 0.05) is 17.8 Å². The Hall–Kier alpha value is -2.74. The zero-order valence-corrected chi connectivity index (χ0v) is 13.9. The van der Waals surface area contributed by atoms with Crippen LogP contribution in [0.15, 0.2) is 53.4 Å². The quantitative estimate of drug-likeness (QED) is 0.660. The summed E-state index contributed by atoms with van der Waals surface area (Å²) in [6.07, 6.45) is 0.